The van der Waals surface area contributed by atoms with E-state index in [0.717, 1.165) is 0 Å². The van der Waals surface area contributed by atoms with E-state index < -0.39 is 46.5 Å². The van der Waals surface area contributed by atoms with E-state index in [9.17, 15) is 39.9 Å². The molecule has 0 bridgehead atoms. The third kappa shape index (κ3) is 12.0. The van der Waals surface area contributed by atoms with Crippen LogP contribution in [0.25, 0.3) is 0 Å². The van der Waals surface area contributed by atoms with Gasteiger partial charge in [-0.15, -0.1) is 30.3 Å². The summed E-state index contributed by atoms with van der Waals surface area (Å²) in [6, 6.07) is 6.44. The van der Waals surface area contributed by atoms with Crippen molar-refractivity contribution in [2.24, 2.45) is 0 Å². The molecule has 1 aromatic carbocycles. The van der Waals surface area contributed by atoms with Crippen molar-refractivity contribution in [3.8, 4) is 0 Å². The van der Waals surface area contributed by atoms with Crippen LogP contribution in [0.1, 0.15) is 34.6 Å². The lowest BCUT2D eigenvalue weighted by atomic mass is 10.1. The van der Waals surface area contributed by atoms with Crippen LogP contribution < -0.4 is 0 Å². The summed E-state index contributed by atoms with van der Waals surface area (Å²) in [6.45, 7) is 2.28. The minimum Gasteiger partial charge on any atom is -0.462 e. The summed E-state index contributed by atoms with van der Waals surface area (Å²) in [4.78, 5) is 63.6. The highest BCUT2D eigenvalue weighted by atomic mass is 17.0. The van der Waals surface area contributed by atoms with Crippen LogP contribution in [0.2, 0.25) is 0 Å². The average molecular weight is 449 g/mol. The first kappa shape index (κ1) is 26.8. The second kappa shape index (κ2) is 14.7. The Morgan fingerprint density at radius 3 is 1.48 bits per heavy atom. The molecule has 0 aliphatic heterocycles. The summed E-state index contributed by atoms with van der Waals surface area (Å²) in [5.74, 6) is -1.02. The normalized spacial score (nSPS) is 9.52. The minimum atomic E-state index is -1.55. The number of carbonyl (C=O) groups is 2. The summed E-state index contributed by atoms with van der Waals surface area (Å²) >= 11 is 0. The predicted octanol–water partition coefficient (Wildman–Crippen LogP) is 1.02. The summed E-state index contributed by atoms with van der Waals surface area (Å²) in [7, 11) is 0. The van der Waals surface area contributed by atoms with Crippen molar-refractivity contribution >= 4 is 11.9 Å². The van der Waals surface area contributed by atoms with Gasteiger partial charge in [0.15, 0.2) is 6.10 Å². The van der Waals surface area contributed by atoms with Crippen LogP contribution in [0.3, 0.4) is 0 Å². The zero-order valence-corrected chi connectivity index (χ0v) is 16.4. The van der Waals surface area contributed by atoms with Gasteiger partial charge in [0.05, 0.1) is 24.3 Å². The van der Waals surface area contributed by atoms with Crippen molar-refractivity contribution in [2.75, 3.05) is 26.4 Å². The van der Waals surface area contributed by atoms with E-state index in [1.165, 1.54) is 0 Å². The molecule has 0 fully saturated rings. The quantitative estimate of drug-likeness (QED) is 0.248. The van der Waals surface area contributed by atoms with Crippen molar-refractivity contribution < 1.29 is 48.8 Å². The molecule has 0 radical (unpaired) electrons. The number of rotatable bonds is 12. The third-order valence-corrected chi connectivity index (χ3v) is 2.88. The molecule has 0 N–H and O–H groups in total. The molecular formula is C15H19N3O13. The molecule has 1 aromatic rings. The first-order valence-electron chi connectivity index (χ1n) is 8.41. The molecule has 0 aliphatic carbocycles. The van der Waals surface area contributed by atoms with E-state index in [1.807, 2.05) is 0 Å². The van der Waals surface area contributed by atoms with E-state index >= 15 is 0 Å². The van der Waals surface area contributed by atoms with Crippen LogP contribution in [0.5, 0.6) is 0 Å². The van der Waals surface area contributed by atoms with Crippen molar-refractivity contribution in [2.45, 2.75) is 20.0 Å². The summed E-state index contributed by atoms with van der Waals surface area (Å²) in [6.07, 6.45) is -1.55. The standard InChI is InChI=1S/C12H14O4.C3H5N3O9/c1-3-15-11(13)9-7-5-6-8-10(9)12(14)16-4-2;7-4(8)13-1-3(15-6(11)12)2-14-5(9)10/h5-8H,3-4H2,1-2H3;3H,1-2H2. The summed E-state index contributed by atoms with van der Waals surface area (Å²) in [5.41, 5.74) is 0.477. The van der Waals surface area contributed by atoms with Crippen LogP contribution >= 0.6 is 0 Å². The average Bonchev–Trinajstić information content (AvgIpc) is 2.70. The van der Waals surface area contributed by atoms with Gasteiger partial charge in [-0.2, -0.15) is 0 Å². The van der Waals surface area contributed by atoms with Crippen molar-refractivity contribution in [1.29, 1.82) is 0 Å². The van der Waals surface area contributed by atoms with E-state index in [0.29, 0.717) is 0 Å². The Balaban J connectivity index is 0.000000582. The monoisotopic (exact) mass is 449 g/mol. The fourth-order valence-corrected chi connectivity index (χ4v) is 1.78. The number of carbonyl (C=O) groups excluding carboxylic acids is 2. The van der Waals surface area contributed by atoms with E-state index in [-0.39, 0.29) is 24.3 Å². The van der Waals surface area contributed by atoms with Crippen molar-refractivity contribution in [3.05, 3.63) is 65.7 Å². The SMILES string of the molecule is CCOC(=O)c1ccccc1C(=O)OCC.O=[N+]([O-])OCC(CO[N+](=O)[O-])O[N+](=O)[O-]. The first-order chi connectivity index (χ1) is 14.6. The molecule has 172 valence electrons. The zero-order valence-electron chi connectivity index (χ0n) is 16.4. The molecule has 31 heavy (non-hydrogen) atoms. The Morgan fingerprint density at radius 1 is 0.806 bits per heavy atom. The van der Waals surface area contributed by atoms with Gasteiger partial charge in [-0.1, -0.05) is 12.1 Å². The fourth-order valence-electron chi connectivity index (χ4n) is 1.78. The van der Waals surface area contributed by atoms with Gasteiger partial charge < -0.3 is 24.0 Å². The number of ether oxygens (including phenoxy) is 2. The Labute approximate surface area is 173 Å². The molecule has 1 rings (SSSR count). The highest BCUT2D eigenvalue weighted by molar-refractivity contribution is 6.03. The number of hydrogen-bond donors (Lipinski definition) is 0. The van der Waals surface area contributed by atoms with Crippen LogP contribution in [-0.4, -0.2) is 59.7 Å². The highest BCUT2D eigenvalue weighted by Crippen LogP contribution is 2.11. The molecule has 0 saturated heterocycles. The third-order valence-electron chi connectivity index (χ3n) is 2.88. The molecule has 0 heterocycles. The topological polar surface area (TPSA) is 210 Å². The maximum atomic E-state index is 11.5. The Bertz CT molecular complexity index is 715. The van der Waals surface area contributed by atoms with Gasteiger partial charge in [0.2, 0.25) is 0 Å². The fraction of sp³-hybridized carbons (Fsp3) is 0.467. The van der Waals surface area contributed by atoms with Crippen LogP contribution in [0.15, 0.2) is 24.3 Å². The summed E-state index contributed by atoms with van der Waals surface area (Å²) in [5, 5.41) is 25.5. The maximum Gasteiger partial charge on any atom is 0.338 e. The lowest BCUT2D eigenvalue weighted by Gasteiger charge is -2.11. The smallest absolute Gasteiger partial charge is 0.338 e. The van der Waals surface area contributed by atoms with Crippen LogP contribution in [0, 0.1) is 30.3 Å². The minimum absolute atomic E-state index is 0.239. The first-order valence-corrected chi connectivity index (χ1v) is 8.41. The lowest BCUT2D eigenvalue weighted by Crippen LogP contribution is -2.30. The van der Waals surface area contributed by atoms with E-state index in [4.69, 9.17) is 9.47 Å². The van der Waals surface area contributed by atoms with Crippen molar-refractivity contribution in [3.63, 3.8) is 0 Å². The molecule has 0 amide bonds. The number of esters is 2. The van der Waals surface area contributed by atoms with Crippen LogP contribution in [-0.2, 0) is 24.0 Å². The van der Waals surface area contributed by atoms with Gasteiger partial charge in [-0.05, 0) is 26.0 Å². The molecule has 0 unspecified atom stereocenters. The maximum absolute atomic E-state index is 11.5. The predicted molar refractivity (Wildman–Crippen MR) is 96.1 cm³/mol. The van der Waals surface area contributed by atoms with Crippen molar-refractivity contribution in [1.82, 2.24) is 0 Å². The molecular weight excluding hydrogens is 430 g/mol. The Morgan fingerprint density at radius 2 is 1.19 bits per heavy atom. The number of nitrogens with zero attached hydrogens (tertiary/aromatic N) is 3. The lowest BCUT2D eigenvalue weighted by molar-refractivity contribution is -0.803. The molecule has 16 nitrogen and oxygen atoms in total. The van der Waals surface area contributed by atoms with Gasteiger partial charge in [-0.3, -0.25) is 0 Å². The Kier molecular flexibility index (Phi) is 12.7. The van der Waals surface area contributed by atoms with Gasteiger partial charge in [0.25, 0.3) is 15.3 Å². The van der Waals surface area contributed by atoms with E-state index in [2.05, 4.69) is 14.5 Å². The number of benzene rings is 1. The second-order valence-electron chi connectivity index (χ2n) is 4.98. The second-order valence-corrected chi connectivity index (χ2v) is 4.98. The molecule has 16 heteroatoms. The largest absolute Gasteiger partial charge is 0.462 e. The Hall–Kier alpha value is -4.24. The van der Waals surface area contributed by atoms with Crippen LogP contribution in [0.4, 0.5) is 0 Å². The molecule has 0 saturated carbocycles. The summed E-state index contributed by atoms with van der Waals surface area (Å²) < 4.78 is 9.70. The van der Waals surface area contributed by atoms with Gasteiger partial charge in [-0.25, -0.2) is 9.59 Å². The zero-order chi connectivity index (χ0) is 23.8. The number of hydrogen-bond acceptors (Lipinski definition) is 13. The molecule has 0 aromatic heterocycles. The van der Waals surface area contributed by atoms with E-state index in [1.54, 1.807) is 38.1 Å². The van der Waals surface area contributed by atoms with Gasteiger partial charge in [0.1, 0.15) is 13.2 Å². The van der Waals surface area contributed by atoms with Gasteiger partial charge >= 0.3 is 11.9 Å². The highest BCUT2D eigenvalue weighted by Gasteiger charge is 2.18. The molecule has 0 atom stereocenters. The molecule has 0 spiro atoms. The molecule has 0 aliphatic rings. The van der Waals surface area contributed by atoms with Gasteiger partial charge in [0, 0.05) is 0 Å².